The van der Waals surface area contributed by atoms with E-state index in [-0.39, 0.29) is 29.8 Å². The van der Waals surface area contributed by atoms with E-state index < -0.39 is 5.60 Å². The number of hydrogen-bond donors (Lipinski definition) is 0. The van der Waals surface area contributed by atoms with Gasteiger partial charge in [-0.25, -0.2) is 0 Å². The van der Waals surface area contributed by atoms with Crippen molar-refractivity contribution < 1.29 is 14.3 Å². The van der Waals surface area contributed by atoms with Crippen molar-refractivity contribution in [3.05, 3.63) is 47.5 Å². The number of rotatable bonds is 5. The Labute approximate surface area is 154 Å². The molecule has 4 atom stereocenters. The minimum atomic E-state index is -0.607. The summed E-state index contributed by atoms with van der Waals surface area (Å²) in [6.45, 7) is 5.86. The number of carbonyl (C=O) groups excluding carboxylic acids is 2. The molecule has 4 rings (SSSR count). The van der Waals surface area contributed by atoms with Gasteiger partial charge in [0, 0.05) is 20.1 Å². The SMILES string of the molecule is CCN(C)C(=O)[C@H]1[C@@H]2C=C[C@@]3(CN(CCc4ccc(C)cc4)C(=O)[C@@H]13)O2. The van der Waals surface area contributed by atoms with Gasteiger partial charge in [0.25, 0.3) is 0 Å². The molecule has 0 radical (unpaired) electrons. The molecule has 0 aliphatic carbocycles. The van der Waals surface area contributed by atoms with E-state index >= 15 is 0 Å². The van der Waals surface area contributed by atoms with Crippen LogP contribution in [0.5, 0.6) is 0 Å². The molecule has 3 aliphatic rings. The van der Waals surface area contributed by atoms with Crippen LogP contribution >= 0.6 is 0 Å². The molecule has 0 unspecified atom stereocenters. The molecule has 1 aromatic carbocycles. The van der Waals surface area contributed by atoms with Gasteiger partial charge in [0.05, 0.1) is 24.5 Å². The van der Waals surface area contributed by atoms with Gasteiger partial charge in [-0.3, -0.25) is 9.59 Å². The molecule has 1 aromatic rings. The molecule has 26 heavy (non-hydrogen) atoms. The molecule has 0 N–H and O–H groups in total. The van der Waals surface area contributed by atoms with Crippen LogP contribution in [0.4, 0.5) is 0 Å². The normalized spacial score (nSPS) is 31.6. The second-order valence-electron chi connectivity index (χ2n) is 7.75. The first-order valence-electron chi connectivity index (χ1n) is 9.41. The lowest BCUT2D eigenvalue weighted by atomic mass is 9.76. The fourth-order valence-electron chi connectivity index (χ4n) is 4.48. The minimum Gasteiger partial charge on any atom is -0.360 e. The van der Waals surface area contributed by atoms with E-state index in [0.29, 0.717) is 19.6 Å². The highest BCUT2D eigenvalue weighted by atomic mass is 16.5. The van der Waals surface area contributed by atoms with Gasteiger partial charge in [-0.2, -0.15) is 0 Å². The maximum Gasteiger partial charge on any atom is 0.230 e. The van der Waals surface area contributed by atoms with E-state index in [9.17, 15) is 9.59 Å². The van der Waals surface area contributed by atoms with E-state index in [2.05, 4.69) is 31.2 Å². The van der Waals surface area contributed by atoms with Crippen LogP contribution in [0.25, 0.3) is 0 Å². The standard InChI is InChI=1S/C21H26N2O3/c1-4-22(3)19(24)17-16-9-11-21(26-16)13-23(20(25)18(17)21)12-10-15-7-5-14(2)6-8-15/h5-9,11,16-18H,4,10,12-13H2,1-3H3/t16-,17-,18+,21-/m0/s1. The van der Waals surface area contributed by atoms with E-state index in [4.69, 9.17) is 4.74 Å². The van der Waals surface area contributed by atoms with Crippen molar-refractivity contribution in [2.75, 3.05) is 26.7 Å². The highest BCUT2D eigenvalue weighted by Gasteiger charge is 2.66. The predicted molar refractivity (Wildman–Crippen MR) is 98.5 cm³/mol. The Morgan fingerprint density at radius 3 is 2.77 bits per heavy atom. The summed E-state index contributed by atoms with van der Waals surface area (Å²) in [6, 6.07) is 8.41. The van der Waals surface area contributed by atoms with Crippen LogP contribution in [0, 0.1) is 18.8 Å². The first-order valence-corrected chi connectivity index (χ1v) is 9.41. The molecular formula is C21H26N2O3. The summed E-state index contributed by atoms with van der Waals surface area (Å²) in [5.41, 5.74) is 1.85. The lowest BCUT2D eigenvalue weighted by Gasteiger charge is -2.27. The predicted octanol–water partition coefficient (Wildman–Crippen LogP) is 1.80. The van der Waals surface area contributed by atoms with Crippen molar-refractivity contribution >= 4 is 11.8 Å². The lowest BCUT2D eigenvalue weighted by molar-refractivity contribution is -0.142. The van der Waals surface area contributed by atoms with E-state index in [1.807, 2.05) is 24.0 Å². The molecule has 2 amide bonds. The third kappa shape index (κ3) is 2.57. The quantitative estimate of drug-likeness (QED) is 0.758. The highest BCUT2D eigenvalue weighted by Crippen LogP contribution is 2.52. The average molecular weight is 354 g/mol. The Kier molecular flexibility index (Phi) is 4.14. The van der Waals surface area contributed by atoms with Gasteiger partial charge in [0.1, 0.15) is 5.60 Å². The molecular weight excluding hydrogens is 328 g/mol. The number of hydrogen-bond acceptors (Lipinski definition) is 3. The van der Waals surface area contributed by atoms with E-state index in [0.717, 1.165) is 6.42 Å². The van der Waals surface area contributed by atoms with Gasteiger partial charge < -0.3 is 14.5 Å². The van der Waals surface area contributed by atoms with Crippen molar-refractivity contribution in [1.29, 1.82) is 0 Å². The van der Waals surface area contributed by atoms with Crippen molar-refractivity contribution in [2.24, 2.45) is 11.8 Å². The number of nitrogens with zero attached hydrogens (tertiary/aromatic N) is 2. The van der Waals surface area contributed by atoms with Crippen LogP contribution in [0.1, 0.15) is 18.1 Å². The van der Waals surface area contributed by atoms with Gasteiger partial charge in [-0.1, -0.05) is 42.0 Å². The van der Waals surface area contributed by atoms with Gasteiger partial charge in [-0.15, -0.1) is 0 Å². The number of ether oxygens (including phenoxy) is 1. The van der Waals surface area contributed by atoms with E-state index in [1.165, 1.54) is 11.1 Å². The maximum atomic E-state index is 13.1. The summed E-state index contributed by atoms with van der Waals surface area (Å²) < 4.78 is 6.16. The Morgan fingerprint density at radius 1 is 1.35 bits per heavy atom. The summed E-state index contributed by atoms with van der Waals surface area (Å²) in [5, 5.41) is 0. The first-order chi connectivity index (χ1) is 12.4. The topological polar surface area (TPSA) is 49.9 Å². The molecule has 0 aromatic heterocycles. The molecule has 2 bridgehead atoms. The minimum absolute atomic E-state index is 0.0162. The zero-order valence-electron chi connectivity index (χ0n) is 15.6. The maximum absolute atomic E-state index is 13.1. The van der Waals surface area contributed by atoms with Crippen LogP contribution < -0.4 is 0 Å². The van der Waals surface area contributed by atoms with Gasteiger partial charge in [0.15, 0.2) is 0 Å². The molecule has 1 spiro atoms. The third-order valence-corrected chi connectivity index (χ3v) is 6.11. The van der Waals surface area contributed by atoms with Crippen molar-refractivity contribution in [2.45, 2.75) is 32.0 Å². The van der Waals surface area contributed by atoms with Gasteiger partial charge in [-0.05, 0) is 25.8 Å². The molecule has 138 valence electrons. The van der Waals surface area contributed by atoms with Gasteiger partial charge in [0.2, 0.25) is 11.8 Å². The zero-order valence-corrected chi connectivity index (χ0v) is 15.6. The fourth-order valence-corrected chi connectivity index (χ4v) is 4.48. The Morgan fingerprint density at radius 2 is 2.08 bits per heavy atom. The molecule has 3 aliphatic heterocycles. The summed E-state index contributed by atoms with van der Waals surface area (Å²) >= 11 is 0. The molecule has 3 heterocycles. The Hall–Kier alpha value is -2.14. The summed E-state index contributed by atoms with van der Waals surface area (Å²) in [7, 11) is 1.79. The van der Waals surface area contributed by atoms with Crippen LogP contribution in [-0.2, 0) is 20.7 Å². The number of benzene rings is 1. The second-order valence-corrected chi connectivity index (χ2v) is 7.75. The molecule has 5 nitrogen and oxygen atoms in total. The Bertz CT molecular complexity index is 757. The Balaban J connectivity index is 1.50. The van der Waals surface area contributed by atoms with Crippen LogP contribution in [-0.4, -0.2) is 60.0 Å². The zero-order chi connectivity index (χ0) is 18.5. The molecule has 0 saturated carbocycles. The van der Waals surface area contributed by atoms with Crippen LogP contribution in [0.15, 0.2) is 36.4 Å². The number of likely N-dealkylation sites (tertiary alicyclic amines) is 1. The lowest BCUT2D eigenvalue weighted by Crippen LogP contribution is -2.44. The summed E-state index contributed by atoms with van der Waals surface area (Å²) in [6.07, 6.45) is 4.54. The van der Waals surface area contributed by atoms with Crippen molar-refractivity contribution in [3.8, 4) is 0 Å². The number of fused-ring (bicyclic) bond motifs is 1. The fraction of sp³-hybridized carbons (Fsp3) is 0.524. The molecule has 2 saturated heterocycles. The first kappa shape index (κ1) is 17.3. The summed E-state index contributed by atoms with van der Waals surface area (Å²) in [5.74, 6) is -0.687. The number of carbonyl (C=O) groups is 2. The molecule has 5 heteroatoms. The van der Waals surface area contributed by atoms with Crippen LogP contribution in [0.2, 0.25) is 0 Å². The van der Waals surface area contributed by atoms with Crippen LogP contribution in [0.3, 0.4) is 0 Å². The van der Waals surface area contributed by atoms with E-state index in [1.54, 1.807) is 11.9 Å². The number of amides is 2. The molecule has 2 fully saturated rings. The average Bonchev–Trinajstić information content (AvgIpc) is 3.28. The third-order valence-electron chi connectivity index (χ3n) is 6.11. The largest absolute Gasteiger partial charge is 0.360 e. The van der Waals surface area contributed by atoms with Crippen molar-refractivity contribution in [3.63, 3.8) is 0 Å². The smallest absolute Gasteiger partial charge is 0.230 e. The number of aryl methyl sites for hydroxylation is 1. The van der Waals surface area contributed by atoms with Gasteiger partial charge >= 0.3 is 0 Å². The highest BCUT2D eigenvalue weighted by molar-refractivity contribution is 5.93. The second kappa shape index (κ2) is 6.23. The van der Waals surface area contributed by atoms with Crippen molar-refractivity contribution in [1.82, 2.24) is 9.80 Å². The monoisotopic (exact) mass is 354 g/mol. The summed E-state index contributed by atoms with van der Waals surface area (Å²) in [4.78, 5) is 29.5.